The zero-order valence-corrected chi connectivity index (χ0v) is 15.7. The maximum absolute atomic E-state index is 14.5. The molecular weight excluding hydrogens is 313 g/mol. The van der Waals surface area contributed by atoms with Gasteiger partial charge >= 0.3 is 0 Å². The van der Waals surface area contributed by atoms with Crippen molar-refractivity contribution in [2.24, 2.45) is 0 Å². The lowest BCUT2D eigenvalue weighted by atomic mass is 9.93. The van der Waals surface area contributed by atoms with Crippen LogP contribution in [-0.2, 0) is 6.54 Å². The van der Waals surface area contributed by atoms with Gasteiger partial charge in [0.15, 0.2) is 0 Å². The molecule has 1 saturated heterocycles. The summed E-state index contributed by atoms with van der Waals surface area (Å²) in [5, 5.41) is 0. The number of hydrogen-bond donors (Lipinski definition) is 0. The Labute approximate surface area is 150 Å². The van der Waals surface area contributed by atoms with Crippen molar-refractivity contribution in [2.75, 3.05) is 7.11 Å². The van der Waals surface area contributed by atoms with Gasteiger partial charge in [0.05, 0.1) is 7.11 Å². The third-order valence-corrected chi connectivity index (χ3v) is 5.45. The van der Waals surface area contributed by atoms with Crippen molar-refractivity contribution in [3.8, 4) is 16.9 Å². The van der Waals surface area contributed by atoms with Gasteiger partial charge in [-0.1, -0.05) is 30.2 Å². The fourth-order valence-electron chi connectivity index (χ4n) is 3.94. The van der Waals surface area contributed by atoms with Crippen LogP contribution in [0.25, 0.3) is 11.1 Å². The van der Waals surface area contributed by atoms with E-state index in [-0.39, 0.29) is 5.82 Å². The largest absolute Gasteiger partial charge is 0.497 e. The summed E-state index contributed by atoms with van der Waals surface area (Å²) >= 11 is 0. The van der Waals surface area contributed by atoms with Gasteiger partial charge in [-0.2, -0.15) is 0 Å². The zero-order chi connectivity index (χ0) is 18.0. The number of aryl methyl sites for hydroxylation is 1. The predicted octanol–water partition coefficient (Wildman–Crippen LogP) is 5.57. The summed E-state index contributed by atoms with van der Waals surface area (Å²) in [7, 11) is 1.62. The van der Waals surface area contributed by atoms with Gasteiger partial charge in [0.25, 0.3) is 0 Å². The molecule has 25 heavy (non-hydrogen) atoms. The van der Waals surface area contributed by atoms with Crippen LogP contribution in [0.1, 0.15) is 44.2 Å². The first-order valence-corrected chi connectivity index (χ1v) is 9.18. The minimum absolute atomic E-state index is 0.203. The third-order valence-electron chi connectivity index (χ3n) is 5.45. The van der Waals surface area contributed by atoms with E-state index in [9.17, 15) is 4.39 Å². The van der Waals surface area contributed by atoms with Crippen molar-refractivity contribution >= 4 is 0 Å². The number of methoxy groups -OCH3 is 1. The van der Waals surface area contributed by atoms with Crippen molar-refractivity contribution < 1.29 is 9.13 Å². The zero-order valence-electron chi connectivity index (χ0n) is 15.7. The summed E-state index contributed by atoms with van der Waals surface area (Å²) in [4.78, 5) is 2.56. The van der Waals surface area contributed by atoms with E-state index in [1.165, 1.54) is 36.5 Å². The average molecular weight is 341 g/mol. The van der Waals surface area contributed by atoms with E-state index in [0.717, 1.165) is 12.1 Å². The number of piperidine rings is 1. The SMILES string of the molecule is COc1ccc(F)c(-c2ccc(C)cc2CN2C(C)CCCC2C)c1. The van der Waals surface area contributed by atoms with E-state index in [1.54, 1.807) is 19.2 Å². The molecule has 0 saturated carbocycles. The Morgan fingerprint density at radius 1 is 1.04 bits per heavy atom. The molecule has 0 N–H and O–H groups in total. The molecule has 0 bridgehead atoms. The second-order valence-corrected chi connectivity index (χ2v) is 7.31. The molecule has 2 unspecified atom stereocenters. The molecule has 1 fully saturated rings. The molecule has 3 rings (SSSR count). The van der Waals surface area contributed by atoms with Gasteiger partial charge < -0.3 is 4.74 Å². The number of likely N-dealkylation sites (tertiary alicyclic amines) is 1. The summed E-state index contributed by atoms with van der Waals surface area (Å²) in [6.45, 7) is 7.56. The summed E-state index contributed by atoms with van der Waals surface area (Å²) in [6.07, 6.45) is 3.77. The first-order chi connectivity index (χ1) is 12.0. The molecule has 3 heteroatoms. The highest BCUT2D eigenvalue weighted by Crippen LogP contribution is 2.33. The Balaban J connectivity index is 2.01. The number of hydrogen-bond acceptors (Lipinski definition) is 2. The molecular formula is C22H28FNO. The monoisotopic (exact) mass is 341 g/mol. The highest BCUT2D eigenvalue weighted by Gasteiger charge is 2.25. The van der Waals surface area contributed by atoms with Crippen LogP contribution in [0.15, 0.2) is 36.4 Å². The van der Waals surface area contributed by atoms with E-state index in [1.807, 2.05) is 6.07 Å². The predicted molar refractivity (Wildman–Crippen MR) is 101 cm³/mol. The number of nitrogens with zero attached hydrogens (tertiary/aromatic N) is 1. The molecule has 0 aliphatic carbocycles. The number of rotatable bonds is 4. The lowest BCUT2D eigenvalue weighted by Gasteiger charge is -2.39. The van der Waals surface area contributed by atoms with E-state index in [4.69, 9.17) is 4.74 Å². The van der Waals surface area contributed by atoms with E-state index < -0.39 is 0 Å². The number of ether oxygens (including phenoxy) is 1. The van der Waals surface area contributed by atoms with Gasteiger partial charge in [0.1, 0.15) is 11.6 Å². The highest BCUT2D eigenvalue weighted by atomic mass is 19.1. The first kappa shape index (κ1) is 17.9. The Morgan fingerprint density at radius 3 is 2.44 bits per heavy atom. The van der Waals surface area contributed by atoms with Crippen molar-refractivity contribution in [2.45, 2.75) is 58.7 Å². The molecule has 0 spiro atoms. The smallest absolute Gasteiger partial charge is 0.131 e. The van der Waals surface area contributed by atoms with Crippen LogP contribution < -0.4 is 4.74 Å². The second kappa shape index (κ2) is 7.57. The quantitative estimate of drug-likeness (QED) is 0.720. The molecule has 0 amide bonds. The van der Waals surface area contributed by atoms with Gasteiger partial charge in [-0.05, 0) is 62.9 Å². The normalized spacial score (nSPS) is 21.3. The van der Waals surface area contributed by atoms with Crippen LogP contribution in [-0.4, -0.2) is 24.1 Å². The first-order valence-electron chi connectivity index (χ1n) is 9.18. The topological polar surface area (TPSA) is 12.5 Å². The molecule has 2 nitrogen and oxygen atoms in total. The fourth-order valence-corrected chi connectivity index (χ4v) is 3.94. The average Bonchev–Trinajstić information content (AvgIpc) is 2.59. The van der Waals surface area contributed by atoms with Crippen LogP contribution >= 0.6 is 0 Å². The molecule has 1 heterocycles. The molecule has 1 aliphatic rings. The van der Waals surface area contributed by atoms with E-state index in [2.05, 4.69) is 37.8 Å². The summed E-state index contributed by atoms with van der Waals surface area (Å²) < 4.78 is 19.8. The lowest BCUT2D eigenvalue weighted by molar-refractivity contribution is 0.0954. The minimum Gasteiger partial charge on any atom is -0.497 e. The third kappa shape index (κ3) is 3.87. The van der Waals surface area contributed by atoms with Crippen molar-refractivity contribution in [1.82, 2.24) is 4.90 Å². The van der Waals surface area contributed by atoms with Crippen LogP contribution in [0.3, 0.4) is 0 Å². The van der Waals surface area contributed by atoms with Gasteiger partial charge in [-0.25, -0.2) is 4.39 Å². The summed E-state index contributed by atoms with van der Waals surface area (Å²) in [6, 6.07) is 12.4. The van der Waals surface area contributed by atoms with Crippen molar-refractivity contribution in [3.05, 3.63) is 53.3 Å². The van der Waals surface area contributed by atoms with Crippen LogP contribution in [0.5, 0.6) is 5.75 Å². The van der Waals surface area contributed by atoms with Crippen LogP contribution in [0.2, 0.25) is 0 Å². The lowest BCUT2D eigenvalue weighted by Crippen LogP contribution is -2.43. The van der Waals surface area contributed by atoms with Gasteiger partial charge in [-0.3, -0.25) is 4.90 Å². The summed E-state index contributed by atoms with van der Waals surface area (Å²) in [5.41, 5.74) is 3.98. The standard InChI is InChI=1S/C22H28FNO/c1-15-8-10-20(21-13-19(25-4)9-11-22(21)23)18(12-15)14-24-16(2)6-5-7-17(24)3/h8-13,16-17H,5-7,14H2,1-4H3. The molecule has 2 aromatic carbocycles. The van der Waals surface area contributed by atoms with Crippen molar-refractivity contribution in [3.63, 3.8) is 0 Å². The highest BCUT2D eigenvalue weighted by molar-refractivity contribution is 5.70. The van der Waals surface area contributed by atoms with E-state index >= 15 is 0 Å². The van der Waals surface area contributed by atoms with Gasteiger partial charge in [0.2, 0.25) is 0 Å². The number of halogens is 1. The Hall–Kier alpha value is -1.87. The molecule has 134 valence electrons. The van der Waals surface area contributed by atoms with Crippen LogP contribution in [0.4, 0.5) is 4.39 Å². The molecule has 1 aliphatic heterocycles. The molecule has 2 aromatic rings. The Bertz CT molecular complexity index is 733. The Morgan fingerprint density at radius 2 is 1.76 bits per heavy atom. The van der Waals surface area contributed by atoms with Crippen LogP contribution in [0, 0.1) is 12.7 Å². The molecule has 2 atom stereocenters. The minimum atomic E-state index is -0.203. The summed E-state index contributed by atoms with van der Waals surface area (Å²) in [5.74, 6) is 0.480. The van der Waals surface area contributed by atoms with Gasteiger partial charge in [-0.15, -0.1) is 0 Å². The maximum Gasteiger partial charge on any atom is 0.131 e. The number of benzene rings is 2. The van der Waals surface area contributed by atoms with E-state index in [0.29, 0.717) is 23.4 Å². The molecule has 0 radical (unpaired) electrons. The maximum atomic E-state index is 14.5. The Kier molecular flexibility index (Phi) is 5.43. The van der Waals surface area contributed by atoms with Gasteiger partial charge in [0, 0.05) is 24.2 Å². The molecule has 0 aromatic heterocycles. The van der Waals surface area contributed by atoms with Crippen molar-refractivity contribution in [1.29, 1.82) is 0 Å². The fraction of sp³-hybridized carbons (Fsp3) is 0.455. The second-order valence-electron chi connectivity index (χ2n) is 7.31.